The second-order valence-electron chi connectivity index (χ2n) is 6.87. The summed E-state index contributed by atoms with van der Waals surface area (Å²) in [4.78, 5) is 25.8. The quantitative estimate of drug-likeness (QED) is 0.520. The second kappa shape index (κ2) is 9.69. The summed E-state index contributed by atoms with van der Waals surface area (Å²) < 4.78 is 13.1. The minimum atomic E-state index is -0.100. The maximum absolute atomic E-state index is 13.1. The van der Waals surface area contributed by atoms with E-state index in [1.54, 1.807) is 24.1 Å². The van der Waals surface area contributed by atoms with Gasteiger partial charge in [-0.3, -0.25) is 14.6 Å². The van der Waals surface area contributed by atoms with Crippen LogP contribution in [0.3, 0.4) is 0 Å². The van der Waals surface area contributed by atoms with Crippen molar-refractivity contribution in [2.45, 2.75) is 13.0 Å². The average molecular weight is 451 g/mol. The molecule has 0 atom stereocenters. The van der Waals surface area contributed by atoms with Crippen molar-refractivity contribution < 1.29 is 14.3 Å². The summed E-state index contributed by atoms with van der Waals surface area (Å²) in [6.07, 6.45) is 3.77. The fraction of sp³-hybridized carbons (Fsp3) is 0.474. The number of fused-ring (bicyclic) bond motifs is 1. The molecule has 1 aliphatic rings. The van der Waals surface area contributed by atoms with Crippen molar-refractivity contribution >= 4 is 44.2 Å². The highest BCUT2D eigenvalue weighted by atomic mass is 35.5. The van der Waals surface area contributed by atoms with Gasteiger partial charge in [0.25, 0.3) is 5.91 Å². The molecule has 0 bridgehead atoms. The topological polar surface area (TPSA) is 85.6 Å². The Morgan fingerprint density at radius 1 is 1.37 bits per heavy atom. The number of amides is 1. The van der Waals surface area contributed by atoms with Gasteiger partial charge in [0.2, 0.25) is 0 Å². The summed E-state index contributed by atoms with van der Waals surface area (Å²) in [6, 6.07) is 3.57. The highest BCUT2D eigenvalue weighted by Gasteiger charge is 2.23. The number of anilines is 1. The van der Waals surface area contributed by atoms with Crippen molar-refractivity contribution in [3.05, 3.63) is 29.8 Å². The minimum absolute atomic E-state index is 0.0956. The SMILES string of the molecule is COc1ccc(Cl)c2sc(N(CCCN3CCOCC3)C(=O)Cn3cncn3)nc12. The lowest BCUT2D eigenvalue weighted by Crippen LogP contribution is -2.40. The standard InChI is InChI=1S/C19H23ClN6O3S/c1-28-15-4-3-14(20)18-17(15)23-19(30-18)26(16(27)11-25-13-21-12-22-25)6-2-5-24-7-9-29-10-8-24/h3-4,12-13H,2,5-11H2,1H3. The van der Waals surface area contributed by atoms with Crippen LogP contribution in [0.2, 0.25) is 5.02 Å². The molecule has 1 amide bonds. The fourth-order valence-corrected chi connectivity index (χ4v) is 4.66. The zero-order valence-corrected chi connectivity index (χ0v) is 18.2. The van der Waals surface area contributed by atoms with E-state index in [0.717, 1.165) is 44.0 Å². The van der Waals surface area contributed by atoms with Crippen LogP contribution in [-0.2, 0) is 16.1 Å². The van der Waals surface area contributed by atoms with Gasteiger partial charge in [0.05, 0.1) is 30.0 Å². The number of morpholine rings is 1. The van der Waals surface area contributed by atoms with Crippen molar-refractivity contribution in [1.29, 1.82) is 0 Å². The van der Waals surface area contributed by atoms with Gasteiger partial charge < -0.3 is 9.47 Å². The number of benzene rings is 1. The number of halogens is 1. The maximum atomic E-state index is 13.1. The Morgan fingerprint density at radius 2 is 2.20 bits per heavy atom. The third-order valence-electron chi connectivity index (χ3n) is 4.92. The van der Waals surface area contributed by atoms with Gasteiger partial charge in [0.1, 0.15) is 30.5 Å². The van der Waals surface area contributed by atoms with Crippen LogP contribution in [-0.4, -0.2) is 77.1 Å². The van der Waals surface area contributed by atoms with Gasteiger partial charge in [-0.1, -0.05) is 22.9 Å². The van der Waals surface area contributed by atoms with Crippen LogP contribution in [0.5, 0.6) is 5.75 Å². The first-order chi connectivity index (χ1) is 14.7. The highest BCUT2D eigenvalue weighted by Crippen LogP contribution is 2.38. The molecular weight excluding hydrogens is 428 g/mol. The van der Waals surface area contributed by atoms with Crippen molar-refractivity contribution in [1.82, 2.24) is 24.6 Å². The Kier molecular flexibility index (Phi) is 6.78. The van der Waals surface area contributed by atoms with Crippen LogP contribution < -0.4 is 9.64 Å². The van der Waals surface area contributed by atoms with Crippen LogP contribution in [0.4, 0.5) is 5.13 Å². The van der Waals surface area contributed by atoms with Crippen molar-refractivity contribution in [3.8, 4) is 5.75 Å². The average Bonchev–Trinajstić information content (AvgIpc) is 3.43. The first kappa shape index (κ1) is 21.0. The molecule has 30 heavy (non-hydrogen) atoms. The van der Waals surface area contributed by atoms with Crippen LogP contribution in [0.25, 0.3) is 10.2 Å². The molecule has 160 valence electrons. The van der Waals surface area contributed by atoms with Gasteiger partial charge in [-0.05, 0) is 18.6 Å². The van der Waals surface area contributed by atoms with Crippen molar-refractivity contribution in [2.75, 3.05) is 51.4 Å². The molecule has 1 aliphatic heterocycles. The molecule has 0 aliphatic carbocycles. The third kappa shape index (κ3) is 4.72. The smallest absolute Gasteiger partial charge is 0.250 e. The molecule has 0 N–H and O–H groups in total. The van der Waals surface area contributed by atoms with Gasteiger partial charge >= 0.3 is 0 Å². The molecule has 0 unspecified atom stereocenters. The van der Waals surface area contributed by atoms with Crippen molar-refractivity contribution in [3.63, 3.8) is 0 Å². The number of hydrogen-bond donors (Lipinski definition) is 0. The number of carbonyl (C=O) groups is 1. The lowest BCUT2D eigenvalue weighted by Gasteiger charge is -2.27. The Balaban J connectivity index is 1.56. The summed E-state index contributed by atoms with van der Waals surface area (Å²) in [5, 5.41) is 5.24. The van der Waals surface area contributed by atoms with Crippen LogP contribution in [0.15, 0.2) is 24.8 Å². The van der Waals surface area contributed by atoms with E-state index in [9.17, 15) is 4.79 Å². The molecule has 0 spiro atoms. The second-order valence-corrected chi connectivity index (χ2v) is 8.25. The lowest BCUT2D eigenvalue weighted by molar-refractivity contribution is -0.119. The molecule has 0 saturated carbocycles. The fourth-order valence-electron chi connectivity index (χ4n) is 3.36. The van der Waals surface area contributed by atoms with Crippen LogP contribution in [0.1, 0.15) is 6.42 Å². The summed E-state index contributed by atoms with van der Waals surface area (Å²) in [7, 11) is 1.59. The molecule has 4 rings (SSSR count). The molecule has 1 saturated heterocycles. The van der Waals surface area contributed by atoms with E-state index in [4.69, 9.17) is 26.1 Å². The largest absolute Gasteiger partial charge is 0.494 e. The number of thiazole rings is 1. The summed E-state index contributed by atoms with van der Waals surface area (Å²) >= 11 is 7.77. The van der Waals surface area contributed by atoms with Gasteiger partial charge in [-0.25, -0.2) is 14.6 Å². The van der Waals surface area contributed by atoms with E-state index in [-0.39, 0.29) is 12.5 Å². The number of methoxy groups -OCH3 is 1. The maximum Gasteiger partial charge on any atom is 0.250 e. The first-order valence-corrected chi connectivity index (χ1v) is 10.9. The summed E-state index contributed by atoms with van der Waals surface area (Å²) in [6.45, 7) is 4.88. The predicted octanol–water partition coefficient (Wildman–Crippen LogP) is 2.31. The Morgan fingerprint density at radius 3 is 2.93 bits per heavy atom. The number of aromatic nitrogens is 4. The molecule has 1 aromatic carbocycles. The van der Waals surface area contributed by atoms with E-state index in [2.05, 4.69) is 15.0 Å². The number of ether oxygens (including phenoxy) is 2. The first-order valence-electron chi connectivity index (χ1n) is 9.71. The lowest BCUT2D eigenvalue weighted by atomic mass is 10.3. The summed E-state index contributed by atoms with van der Waals surface area (Å²) in [5.74, 6) is 0.533. The molecule has 9 nitrogen and oxygen atoms in total. The van der Waals surface area contributed by atoms with Crippen LogP contribution in [0, 0.1) is 0 Å². The van der Waals surface area contributed by atoms with Gasteiger partial charge in [-0.15, -0.1) is 0 Å². The van der Waals surface area contributed by atoms with Gasteiger partial charge in [0, 0.05) is 26.2 Å². The zero-order valence-electron chi connectivity index (χ0n) is 16.7. The monoisotopic (exact) mass is 450 g/mol. The molecule has 1 fully saturated rings. The Labute approximate surface area is 183 Å². The molecule has 3 aromatic rings. The van der Waals surface area contributed by atoms with E-state index < -0.39 is 0 Å². The number of rotatable bonds is 8. The number of hydrogen-bond acceptors (Lipinski definition) is 8. The number of nitrogens with zero attached hydrogens (tertiary/aromatic N) is 6. The van der Waals surface area contributed by atoms with E-state index in [0.29, 0.717) is 28.0 Å². The Hall–Kier alpha value is -2.27. The molecule has 0 radical (unpaired) electrons. The summed E-state index contributed by atoms with van der Waals surface area (Å²) in [5.41, 5.74) is 0.664. The molecular formula is C19H23ClN6O3S. The Bertz CT molecular complexity index is 990. The van der Waals surface area contributed by atoms with Crippen molar-refractivity contribution in [2.24, 2.45) is 0 Å². The van der Waals surface area contributed by atoms with E-state index in [1.165, 1.54) is 28.7 Å². The zero-order chi connectivity index (χ0) is 20.9. The van der Waals surface area contributed by atoms with Crippen LogP contribution >= 0.6 is 22.9 Å². The van der Waals surface area contributed by atoms with Gasteiger partial charge in [-0.2, -0.15) is 5.10 Å². The number of carbonyl (C=O) groups excluding carboxylic acids is 1. The minimum Gasteiger partial charge on any atom is -0.494 e. The predicted molar refractivity (Wildman–Crippen MR) is 115 cm³/mol. The third-order valence-corrected chi connectivity index (χ3v) is 6.46. The normalized spacial score (nSPS) is 14.9. The molecule has 11 heteroatoms. The molecule has 2 aromatic heterocycles. The molecule has 3 heterocycles. The highest BCUT2D eigenvalue weighted by molar-refractivity contribution is 7.23. The van der Waals surface area contributed by atoms with E-state index >= 15 is 0 Å². The van der Waals surface area contributed by atoms with Gasteiger partial charge in [0.15, 0.2) is 5.13 Å². The van der Waals surface area contributed by atoms with E-state index in [1.807, 2.05) is 0 Å².